The van der Waals surface area contributed by atoms with Gasteiger partial charge in [0.1, 0.15) is 5.69 Å². The smallest absolute Gasteiger partial charge is 0.257 e. The highest BCUT2D eigenvalue weighted by Gasteiger charge is 2.33. The lowest BCUT2D eigenvalue weighted by Crippen LogP contribution is -2.41. The Morgan fingerprint density at radius 3 is 2.48 bits per heavy atom. The van der Waals surface area contributed by atoms with Crippen LogP contribution in [0.25, 0.3) is 16.3 Å². The van der Waals surface area contributed by atoms with Gasteiger partial charge >= 0.3 is 0 Å². The molecule has 0 aliphatic carbocycles. The van der Waals surface area contributed by atoms with Crippen LogP contribution in [-0.2, 0) is 9.47 Å². The van der Waals surface area contributed by atoms with Crippen molar-refractivity contribution in [1.29, 1.82) is 0 Å². The molecule has 4 heterocycles. The average molecular weight is 410 g/mol. The Kier molecular flexibility index (Phi) is 5.18. The number of rotatable bonds is 4. The second-order valence-electron chi connectivity index (χ2n) is 7.39. The number of carbonyl (C=O) groups excluding carboxylic acids is 1. The molecule has 5 rings (SSSR count). The molecule has 0 unspecified atom stereocenters. The SMILES string of the molecule is O=C(c1cn(-c2ccccc2)nc1-c1cccs1)N1CCC(C2OCCO2)CC1. The first-order valence-electron chi connectivity index (χ1n) is 10.0. The predicted molar refractivity (Wildman–Crippen MR) is 111 cm³/mol. The van der Waals surface area contributed by atoms with Crippen molar-refractivity contribution < 1.29 is 14.3 Å². The molecule has 150 valence electrons. The zero-order chi connectivity index (χ0) is 19.6. The van der Waals surface area contributed by atoms with Crippen LogP contribution >= 0.6 is 11.3 Å². The highest BCUT2D eigenvalue weighted by molar-refractivity contribution is 7.13. The van der Waals surface area contributed by atoms with Gasteiger partial charge in [-0.2, -0.15) is 5.10 Å². The van der Waals surface area contributed by atoms with Gasteiger partial charge in [0.25, 0.3) is 5.91 Å². The summed E-state index contributed by atoms with van der Waals surface area (Å²) in [4.78, 5) is 16.3. The number of ether oxygens (including phenoxy) is 2. The minimum Gasteiger partial charge on any atom is -0.350 e. The van der Waals surface area contributed by atoms with Gasteiger partial charge in [-0.25, -0.2) is 4.68 Å². The van der Waals surface area contributed by atoms with Crippen molar-refractivity contribution in [2.24, 2.45) is 5.92 Å². The van der Waals surface area contributed by atoms with E-state index in [4.69, 9.17) is 14.6 Å². The zero-order valence-electron chi connectivity index (χ0n) is 16.1. The lowest BCUT2D eigenvalue weighted by atomic mass is 9.95. The summed E-state index contributed by atoms with van der Waals surface area (Å²) in [6.45, 7) is 2.78. The number of benzene rings is 1. The molecule has 0 bridgehead atoms. The van der Waals surface area contributed by atoms with Crippen LogP contribution in [0.5, 0.6) is 0 Å². The quantitative estimate of drug-likeness (QED) is 0.657. The molecule has 2 saturated heterocycles. The van der Waals surface area contributed by atoms with Gasteiger partial charge in [0.2, 0.25) is 0 Å². The van der Waals surface area contributed by atoms with Crippen molar-refractivity contribution in [3.05, 3.63) is 59.6 Å². The third-order valence-corrected chi connectivity index (χ3v) is 6.46. The molecule has 6 nitrogen and oxygen atoms in total. The molecule has 0 spiro atoms. The second-order valence-corrected chi connectivity index (χ2v) is 8.34. The summed E-state index contributed by atoms with van der Waals surface area (Å²) in [7, 11) is 0. The Morgan fingerprint density at radius 1 is 1.03 bits per heavy atom. The molecular weight excluding hydrogens is 386 g/mol. The van der Waals surface area contributed by atoms with E-state index in [2.05, 4.69) is 0 Å². The number of piperidine rings is 1. The molecule has 1 aromatic carbocycles. The highest BCUT2D eigenvalue weighted by Crippen LogP contribution is 2.31. The van der Waals surface area contributed by atoms with Crippen LogP contribution in [0.4, 0.5) is 0 Å². The van der Waals surface area contributed by atoms with Crippen LogP contribution in [0.2, 0.25) is 0 Å². The Hall–Kier alpha value is -2.48. The van der Waals surface area contributed by atoms with Crippen molar-refractivity contribution in [3.8, 4) is 16.3 Å². The topological polar surface area (TPSA) is 56.6 Å². The fourth-order valence-electron chi connectivity index (χ4n) is 4.03. The van der Waals surface area contributed by atoms with Crippen LogP contribution in [0, 0.1) is 5.92 Å². The molecule has 0 saturated carbocycles. The lowest BCUT2D eigenvalue weighted by Gasteiger charge is -2.33. The van der Waals surface area contributed by atoms with Crippen molar-refractivity contribution in [2.75, 3.05) is 26.3 Å². The van der Waals surface area contributed by atoms with Crippen molar-refractivity contribution in [3.63, 3.8) is 0 Å². The summed E-state index contributed by atoms with van der Waals surface area (Å²) < 4.78 is 13.1. The molecule has 2 fully saturated rings. The van der Waals surface area contributed by atoms with Gasteiger partial charge in [0, 0.05) is 25.2 Å². The summed E-state index contributed by atoms with van der Waals surface area (Å²) >= 11 is 1.60. The molecule has 2 aliphatic heterocycles. The maximum absolute atomic E-state index is 13.4. The third kappa shape index (κ3) is 3.73. The van der Waals surface area contributed by atoms with Gasteiger partial charge in [-0.3, -0.25) is 4.79 Å². The van der Waals surface area contributed by atoms with Crippen molar-refractivity contribution >= 4 is 17.2 Å². The fourth-order valence-corrected chi connectivity index (χ4v) is 4.76. The molecule has 1 amide bonds. The highest BCUT2D eigenvalue weighted by atomic mass is 32.1. The Balaban J connectivity index is 1.39. The van der Waals surface area contributed by atoms with E-state index in [1.54, 1.807) is 16.0 Å². The lowest BCUT2D eigenvalue weighted by molar-refractivity contribution is -0.0956. The standard InChI is InChI=1S/C22H23N3O3S/c26-21(24-10-8-16(9-11-24)22-27-12-13-28-22)18-15-25(17-5-2-1-3-6-17)23-20(18)19-7-4-14-29-19/h1-7,14-16,22H,8-13H2. The van der Waals surface area contributed by atoms with Crippen LogP contribution < -0.4 is 0 Å². The zero-order valence-corrected chi connectivity index (χ0v) is 16.9. The summed E-state index contributed by atoms with van der Waals surface area (Å²) in [6.07, 6.45) is 3.56. The van der Waals surface area contributed by atoms with Gasteiger partial charge in [0.05, 0.1) is 29.3 Å². The van der Waals surface area contributed by atoms with Crippen molar-refractivity contribution in [1.82, 2.24) is 14.7 Å². The third-order valence-electron chi connectivity index (χ3n) is 5.58. The number of aromatic nitrogens is 2. The number of likely N-dealkylation sites (tertiary alicyclic amines) is 1. The molecular formula is C22H23N3O3S. The van der Waals surface area contributed by atoms with Gasteiger partial charge < -0.3 is 14.4 Å². The normalized spacial score (nSPS) is 18.4. The van der Waals surface area contributed by atoms with Crippen molar-refractivity contribution in [2.45, 2.75) is 19.1 Å². The Morgan fingerprint density at radius 2 is 1.79 bits per heavy atom. The molecule has 0 radical (unpaired) electrons. The van der Waals surface area contributed by atoms with Gasteiger partial charge in [-0.15, -0.1) is 11.3 Å². The molecule has 7 heteroatoms. The number of amides is 1. The first-order chi connectivity index (χ1) is 14.3. The van der Waals surface area contributed by atoms with E-state index in [-0.39, 0.29) is 12.2 Å². The van der Waals surface area contributed by atoms with E-state index < -0.39 is 0 Å². The summed E-state index contributed by atoms with van der Waals surface area (Å²) in [6, 6.07) is 13.9. The van der Waals surface area contributed by atoms with Gasteiger partial charge in [-0.1, -0.05) is 24.3 Å². The average Bonchev–Trinajstić information content (AvgIpc) is 3.55. The maximum Gasteiger partial charge on any atom is 0.257 e. The number of hydrogen-bond acceptors (Lipinski definition) is 5. The number of nitrogens with zero attached hydrogens (tertiary/aromatic N) is 3. The van der Waals surface area contributed by atoms with Crippen LogP contribution in [0.1, 0.15) is 23.2 Å². The fraction of sp³-hybridized carbons (Fsp3) is 0.364. The first kappa shape index (κ1) is 18.5. The second kappa shape index (κ2) is 8.10. The van der Waals surface area contributed by atoms with Crippen LogP contribution in [-0.4, -0.2) is 53.2 Å². The summed E-state index contributed by atoms with van der Waals surface area (Å²) in [5.41, 5.74) is 2.35. The molecule has 2 aromatic heterocycles. The van der Waals surface area contributed by atoms with E-state index in [0.717, 1.165) is 29.1 Å². The summed E-state index contributed by atoms with van der Waals surface area (Å²) in [5, 5.41) is 6.77. The monoisotopic (exact) mass is 409 g/mol. The van der Waals surface area contributed by atoms with E-state index in [1.807, 2.05) is 58.9 Å². The van der Waals surface area contributed by atoms with E-state index in [0.29, 0.717) is 37.8 Å². The van der Waals surface area contributed by atoms with E-state index in [1.165, 1.54) is 0 Å². The first-order valence-corrected chi connectivity index (χ1v) is 10.9. The largest absolute Gasteiger partial charge is 0.350 e. The number of thiophene rings is 1. The van der Waals surface area contributed by atoms with Crippen LogP contribution in [0.3, 0.4) is 0 Å². The molecule has 0 N–H and O–H groups in total. The predicted octanol–water partition coefficient (Wildman–Crippen LogP) is 3.83. The van der Waals surface area contributed by atoms with Gasteiger partial charge in [-0.05, 0) is 36.4 Å². The van der Waals surface area contributed by atoms with Gasteiger partial charge in [0.15, 0.2) is 6.29 Å². The minimum atomic E-state index is -0.102. The Labute approximate surface area is 173 Å². The number of para-hydroxylation sites is 1. The van der Waals surface area contributed by atoms with Crippen LogP contribution in [0.15, 0.2) is 54.0 Å². The molecule has 29 heavy (non-hydrogen) atoms. The van der Waals surface area contributed by atoms with E-state index >= 15 is 0 Å². The summed E-state index contributed by atoms with van der Waals surface area (Å²) in [5.74, 6) is 0.410. The minimum absolute atomic E-state index is 0.0438. The van der Waals surface area contributed by atoms with E-state index in [9.17, 15) is 4.79 Å². The number of hydrogen-bond donors (Lipinski definition) is 0. The molecule has 2 aliphatic rings. The Bertz CT molecular complexity index is 957. The molecule has 3 aromatic rings. The maximum atomic E-state index is 13.4. The molecule has 0 atom stereocenters. The number of carbonyl (C=O) groups is 1.